The molecule has 79 heavy (non-hydrogen) atoms. The Labute approximate surface area is 486 Å². The number of phosphoric ester groups is 1. The number of rotatable bonds is 56. The molecule has 452 valence electrons. The smallest absolute Gasteiger partial charge is 0.306 e. The van der Waals surface area contributed by atoms with E-state index in [-0.39, 0.29) is 31.3 Å². The van der Waals surface area contributed by atoms with Gasteiger partial charge >= 0.3 is 5.97 Å². The van der Waals surface area contributed by atoms with Crippen molar-refractivity contribution < 1.29 is 37.3 Å². The maximum absolute atomic E-state index is 13.5. The van der Waals surface area contributed by atoms with Crippen LogP contribution in [0.3, 0.4) is 0 Å². The van der Waals surface area contributed by atoms with Gasteiger partial charge in [0.05, 0.1) is 33.8 Å². The summed E-state index contributed by atoms with van der Waals surface area (Å²) in [6.45, 7) is 6.56. The third kappa shape index (κ3) is 58.9. The zero-order chi connectivity index (χ0) is 57.9. The molecule has 1 amide bonds. The summed E-state index contributed by atoms with van der Waals surface area (Å²) in [5, 5.41) is 3.01. The average molecular weight is 1120 g/mol. The van der Waals surface area contributed by atoms with E-state index >= 15 is 0 Å². The Bertz CT molecular complexity index is 1770. The van der Waals surface area contributed by atoms with Gasteiger partial charge in [0, 0.05) is 12.8 Å². The fourth-order valence-corrected chi connectivity index (χ4v) is 9.31. The number of allylic oxidation sites excluding steroid dienone is 19. The van der Waals surface area contributed by atoms with E-state index < -0.39 is 26.6 Å². The molecular formula is C69H119N2O7P. The van der Waals surface area contributed by atoms with Gasteiger partial charge in [0.1, 0.15) is 19.3 Å². The predicted octanol–water partition coefficient (Wildman–Crippen LogP) is 19.3. The van der Waals surface area contributed by atoms with Gasteiger partial charge in [0.2, 0.25) is 5.91 Å². The Hall–Kier alpha value is -3.59. The molecule has 0 fully saturated rings. The maximum atomic E-state index is 13.5. The van der Waals surface area contributed by atoms with Crippen molar-refractivity contribution in [2.75, 3.05) is 40.9 Å². The van der Waals surface area contributed by atoms with Crippen LogP contribution in [0.4, 0.5) is 0 Å². The molecule has 0 aliphatic rings. The summed E-state index contributed by atoms with van der Waals surface area (Å²) in [6.07, 6.45) is 80.3. The molecule has 0 heterocycles. The van der Waals surface area contributed by atoms with Gasteiger partial charge in [-0.3, -0.25) is 14.2 Å². The molecule has 0 saturated carbocycles. The normalized spacial score (nSPS) is 14.5. The van der Waals surface area contributed by atoms with Gasteiger partial charge in [0.25, 0.3) is 7.82 Å². The molecular weight excluding hydrogens is 1000 g/mol. The third-order valence-electron chi connectivity index (χ3n) is 13.4. The Kier molecular flexibility index (Phi) is 55.0. The lowest BCUT2D eigenvalue weighted by Gasteiger charge is -2.30. The predicted molar refractivity (Wildman–Crippen MR) is 339 cm³/mol. The van der Waals surface area contributed by atoms with Crippen molar-refractivity contribution in [2.24, 2.45) is 0 Å². The Balaban J connectivity index is 5.17. The molecule has 1 N–H and O–H groups in total. The second-order valence-electron chi connectivity index (χ2n) is 22.2. The van der Waals surface area contributed by atoms with Gasteiger partial charge in [-0.25, -0.2) is 0 Å². The molecule has 0 aromatic carbocycles. The van der Waals surface area contributed by atoms with E-state index in [0.29, 0.717) is 23.9 Å². The van der Waals surface area contributed by atoms with Crippen molar-refractivity contribution in [1.29, 1.82) is 0 Å². The number of hydrogen-bond acceptors (Lipinski definition) is 7. The van der Waals surface area contributed by atoms with Gasteiger partial charge in [0.15, 0.2) is 0 Å². The summed E-state index contributed by atoms with van der Waals surface area (Å²) in [5.41, 5.74) is 0. The van der Waals surface area contributed by atoms with Crippen LogP contribution in [-0.4, -0.2) is 69.4 Å². The number of esters is 1. The molecule has 0 aliphatic heterocycles. The number of phosphoric acid groups is 1. The topological polar surface area (TPSA) is 114 Å². The molecule has 0 spiro atoms. The minimum Gasteiger partial charge on any atom is -0.756 e. The third-order valence-corrected chi connectivity index (χ3v) is 14.4. The van der Waals surface area contributed by atoms with E-state index in [1.807, 2.05) is 39.4 Å². The monoisotopic (exact) mass is 1120 g/mol. The number of hydrogen-bond donors (Lipinski definition) is 1. The number of amides is 1. The molecule has 3 unspecified atom stereocenters. The fourth-order valence-electron chi connectivity index (χ4n) is 8.58. The Morgan fingerprint density at radius 1 is 0.468 bits per heavy atom. The molecule has 0 aromatic heterocycles. The molecule has 0 bridgehead atoms. The van der Waals surface area contributed by atoms with E-state index in [2.05, 4.69) is 129 Å². The number of unbranched alkanes of at least 4 members (excludes halogenated alkanes) is 24. The van der Waals surface area contributed by atoms with Crippen LogP contribution < -0.4 is 10.2 Å². The van der Waals surface area contributed by atoms with Crippen LogP contribution in [0.15, 0.2) is 122 Å². The first-order valence-corrected chi connectivity index (χ1v) is 33.3. The summed E-state index contributed by atoms with van der Waals surface area (Å²) in [4.78, 5) is 40.0. The fraction of sp³-hybridized carbons (Fsp3) is 0.681. The zero-order valence-electron chi connectivity index (χ0n) is 51.5. The van der Waals surface area contributed by atoms with Crippen LogP contribution in [0, 0.1) is 0 Å². The van der Waals surface area contributed by atoms with Crippen LogP contribution in [0.2, 0.25) is 0 Å². The van der Waals surface area contributed by atoms with Crippen molar-refractivity contribution in [3.05, 3.63) is 122 Å². The highest BCUT2D eigenvalue weighted by molar-refractivity contribution is 7.45. The van der Waals surface area contributed by atoms with Gasteiger partial charge in [-0.05, 0) is 102 Å². The first kappa shape index (κ1) is 75.4. The van der Waals surface area contributed by atoms with Crippen molar-refractivity contribution in [1.82, 2.24) is 5.32 Å². The maximum Gasteiger partial charge on any atom is 0.306 e. The lowest BCUT2D eigenvalue weighted by molar-refractivity contribution is -0.870. The number of carbonyl (C=O) groups excluding carboxylic acids is 2. The molecule has 9 nitrogen and oxygen atoms in total. The van der Waals surface area contributed by atoms with Crippen LogP contribution in [-0.2, 0) is 27.9 Å². The van der Waals surface area contributed by atoms with Crippen LogP contribution in [0.1, 0.15) is 252 Å². The number of carbonyl (C=O) groups is 2. The first-order chi connectivity index (χ1) is 38.4. The number of ether oxygens (including phenoxy) is 1. The SMILES string of the molecule is CC/C=C\C/C=C\C/C=C\C/C=C\C/C=C\C/C=C\CCCCCCCCCCC(=O)OC(/C=C\CCCCCCCCCCCCC)C(COP(=O)([O-])OCC[N+](C)(C)C)NC(=O)CCCCCCC\C=C/C=C/C=C/CC. The van der Waals surface area contributed by atoms with E-state index in [0.717, 1.165) is 122 Å². The minimum absolute atomic E-state index is 0.0341. The van der Waals surface area contributed by atoms with Crippen LogP contribution in [0.5, 0.6) is 0 Å². The lowest BCUT2D eigenvalue weighted by Crippen LogP contribution is -2.47. The molecule has 0 rings (SSSR count). The summed E-state index contributed by atoms with van der Waals surface area (Å²) in [6, 6.07) is -0.910. The first-order valence-electron chi connectivity index (χ1n) is 31.9. The van der Waals surface area contributed by atoms with Crippen LogP contribution >= 0.6 is 7.82 Å². The highest BCUT2D eigenvalue weighted by Crippen LogP contribution is 2.38. The van der Waals surface area contributed by atoms with Gasteiger partial charge in [-0.2, -0.15) is 0 Å². The minimum atomic E-state index is -4.71. The van der Waals surface area contributed by atoms with Crippen molar-refractivity contribution >= 4 is 19.7 Å². The largest absolute Gasteiger partial charge is 0.756 e. The van der Waals surface area contributed by atoms with E-state index in [4.69, 9.17) is 13.8 Å². The molecule has 0 aromatic rings. The van der Waals surface area contributed by atoms with Crippen molar-refractivity contribution in [2.45, 2.75) is 264 Å². The summed E-state index contributed by atoms with van der Waals surface area (Å²) in [7, 11) is 1.15. The molecule has 10 heteroatoms. The summed E-state index contributed by atoms with van der Waals surface area (Å²) < 4.78 is 30.3. The lowest BCUT2D eigenvalue weighted by atomic mass is 10.0. The van der Waals surface area contributed by atoms with E-state index in [1.165, 1.54) is 83.5 Å². The highest BCUT2D eigenvalue weighted by atomic mass is 31.2. The zero-order valence-corrected chi connectivity index (χ0v) is 52.4. The molecule has 0 aliphatic carbocycles. The Morgan fingerprint density at radius 3 is 1.35 bits per heavy atom. The Morgan fingerprint density at radius 2 is 0.873 bits per heavy atom. The standard InChI is InChI=1S/C69H119N2O7P/c1-7-10-13-16-19-22-25-28-29-30-31-32-33-34-35-36-37-38-39-40-41-44-47-50-53-56-59-62-69(73)78-67(60-57-54-51-48-45-42-26-23-20-17-14-11-8-2)66(65-77-79(74,75)76-64-63-71(4,5)6)70-68(72)61-58-55-52-49-46-43-27-24-21-18-15-12-9-3/h10,12-13,15,18-19,21-22,24,27-29,31-32,34-35,37-38,57,60,66-67H,7-9,11,14,16-17,20,23,25-26,30,33,36,39-56,58-59,61-65H2,1-6H3,(H-,70,72,74,75)/b13-10-,15-12+,21-18+,22-19-,27-24-,29-28-,32-31-,35-34-,38-37-,60-57-. The molecule has 0 saturated heterocycles. The van der Waals surface area contributed by atoms with Crippen molar-refractivity contribution in [3.8, 4) is 0 Å². The second kappa shape index (κ2) is 57.6. The van der Waals surface area contributed by atoms with Gasteiger partial charge < -0.3 is 28.5 Å². The van der Waals surface area contributed by atoms with Gasteiger partial charge in [-0.15, -0.1) is 0 Å². The van der Waals surface area contributed by atoms with E-state index in [1.54, 1.807) is 0 Å². The van der Waals surface area contributed by atoms with Crippen LogP contribution in [0.25, 0.3) is 0 Å². The number of nitrogens with one attached hydrogen (secondary N) is 1. The second-order valence-corrected chi connectivity index (χ2v) is 23.6. The number of nitrogens with zero attached hydrogens (tertiary/aromatic N) is 1. The average Bonchev–Trinajstić information content (AvgIpc) is 3.41. The van der Waals surface area contributed by atoms with Gasteiger partial charge in [-0.1, -0.05) is 258 Å². The summed E-state index contributed by atoms with van der Waals surface area (Å²) >= 11 is 0. The number of quaternary nitrogens is 1. The molecule has 0 radical (unpaired) electrons. The quantitative estimate of drug-likeness (QED) is 0.0161. The summed E-state index contributed by atoms with van der Waals surface area (Å²) in [5.74, 6) is -0.581. The van der Waals surface area contributed by atoms with E-state index in [9.17, 15) is 19.0 Å². The number of likely N-dealkylation sites (N-methyl/N-ethyl adjacent to an activating group) is 1. The molecule has 3 atom stereocenters. The van der Waals surface area contributed by atoms with Crippen molar-refractivity contribution in [3.63, 3.8) is 0 Å². The highest BCUT2D eigenvalue weighted by Gasteiger charge is 2.27.